The smallest absolute Gasteiger partial charge is 0.275 e. The summed E-state index contributed by atoms with van der Waals surface area (Å²) < 4.78 is 7.85. The fourth-order valence-corrected chi connectivity index (χ4v) is 2.94. The Morgan fingerprint density at radius 2 is 1.95 bits per heavy atom. The number of piperazine rings is 1. The fourth-order valence-electron chi connectivity index (χ4n) is 2.28. The normalized spacial score (nSPS) is 15.4. The van der Waals surface area contributed by atoms with Crippen molar-refractivity contribution in [1.82, 2.24) is 13.6 Å². The number of hydrogen-bond acceptors (Lipinski definition) is 5. The minimum atomic E-state index is -0.0439. The Balaban J connectivity index is 1.65. The summed E-state index contributed by atoms with van der Waals surface area (Å²) >= 11 is 7.25. The van der Waals surface area contributed by atoms with Crippen molar-refractivity contribution in [2.75, 3.05) is 31.1 Å². The molecule has 1 aromatic carbocycles. The van der Waals surface area contributed by atoms with Crippen LogP contribution in [0.3, 0.4) is 0 Å². The van der Waals surface area contributed by atoms with Crippen LogP contribution < -0.4 is 4.90 Å². The summed E-state index contributed by atoms with van der Waals surface area (Å²) in [5.41, 5.74) is 1.46. The Kier molecular flexibility index (Phi) is 3.84. The highest BCUT2D eigenvalue weighted by Crippen LogP contribution is 2.26. The van der Waals surface area contributed by atoms with E-state index in [1.807, 2.05) is 29.2 Å². The van der Waals surface area contributed by atoms with Gasteiger partial charge in [0.15, 0.2) is 5.69 Å². The van der Waals surface area contributed by atoms with Crippen LogP contribution in [0.15, 0.2) is 30.5 Å². The van der Waals surface area contributed by atoms with Gasteiger partial charge in [0.2, 0.25) is 0 Å². The molecule has 1 aromatic heterocycles. The maximum atomic E-state index is 12.2. The molecule has 2 heterocycles. The van der Waals surface area contributed by atoms with Gasteiger partial charge in [-0.05, 0) is 12.1 Å². The molecular weight excluding hydrogens is 296 g/mol. The van der Waals surface area contributed by atoms with Gasteiger partial charge < -0.3 is 9.80 Å². The van der Waals surface area contributed by atoms with Crippen LogP contribution >= 0.6 is 23.3 Å². The Hall–Kier alpha value is -1.66. The van der Waals surface area contributed by atoms with Gasteiger partial charge in [-0.1, -0.05) is 23.7 Å². The van der Waals surface area contributed by atoms with Crippen LogP contribution in [0.1, 0.15) is 10.5 Å². The SMILES string of the molecule is O=C(c1cnsn1)N1CCN(c2ccccc2Cl)CC1. The maximum Gasteiger partial charge on any atom is 0.275 e. The Labute approximate surface area is 126 Å². The highest BCUT2D eigenvalue weighted by atomic mass is 35.5. The van der Waals surface area contributed by atoms with Crippen molar-refractivity contribution in [3.8, 4) is 0 Å². The Bertz CT molecular complexity index is 596. The van der Waals surface area contributed by atoms with Gasteiger partial charge in [0.1, 0.15) is 0 Å². The average molecular weight is 309 g/mol. The van der Waals surface area contributed by atoms with E-state index in [1.165, 1.54) is 6.20 Å². The third-order valence-electron chi connectivity index (χ3n) is 3.34. The van der Waals surface area contributed by atoms with Gasteiger partial charge in [0.25, 0.3) is 5.91 Å². The molecule has 0 spiro atoms. The molecule has 7 heteroatoms. The molecule has 1 fully saturated rings. The predicted molar refractivity (Wildman–Crippen MR) is 79.5 cm³/mol. The molecule has 1 amide bonds. The molecule has 104 valence electrons. The highest BCUT2D eigenvalue weighted by molar-refractivity contribution is 6.99. The van der Waals surface area contributed by atoms with Crippen LogP contribution in [-0.4, -0.2) is 45.7 Å². The summed E-state index contributed by atoms with van der Waals surface area (Å²) in [6.07, 6.45) is 1.52. The molecule has 3 rings (SSSR count). The molecule has 0 bridgehead atoms. The summed E-state index contributed by atoms with van der Waals surface area (Å²) in [5, 5.41) is 0.746. The van der Waals surface area contributed by atoms with E-state index in [0.29, 0.717) is 18.8 Å². The van der Waals surface area contributed by atoms with Gasteiger partial charge >= 0.3 is 0 Å². The molecule has 1 aliphatic heterocycles. The largest absolute Gasteiger partial charge is 0.367 e. The molecule has 0 N–H and O–H groups in total. The van der Waals surface area contributed by atoms with Crippen LogP contribution in [0.5, 0.6) is 0 Å². The molecule has 20 heavy (non-hydrogen) atoms. The standard InChI is InChI=1S/C13H13ClN4OS/c14-10-3-1-2-4-12(10)17-5-7-18(8-6-17)13(19)11-9-15-20-16-11/h1-4,9H,5-8H2. The second-order valence-electron chi connectivity index (χ2n) is 4.52. The first-order chi connectivity index (χ1) is 9.75. The van der Waals surface area contributed by atoms with Gasteiger partial charge in [0, 0.05) is 26.2 Å². The number of para-hydroxylation sites is 1. The lowest BCUT2D eigenvalue weighted by Gasteiger charge is -2.36. The molecule has 5 nitrogen and oxygen atoms in total. The van der Waals surface area contributed by atoms with Crippen molar-refractivity contribution in [3.63, 3.8) is 0 Å². The van der Waals surface area contributed by atoms with Crippen molar-refractivity contribution < 1.29 is 4.79 Å². The summed E-state index contributed by atoms with van der Waals surface area (Å²) in [6.45, 7) is 2.88. The zero-order chi connectivity index (χ0) is 13.9. The van der Waals surface area contributed by atoms with Gasteiger partial charge in [0.05, 0.1) is 28.6 Å². The summed E-state index contributed by atoms with van der Waals surface area (Å²) in [4.78, 5) is 16.2. The number of nitrogens with zero attached hydrogens (tertiary/aromatic N) is 4. The van der Waals surface area contributed by atoms with E-state index in [0.717, 1.165) is 35.5 Å². The quantitative estimate of drug-likeness (QED) is 0.853. The van der Waals surface area contributed by atoms with Crippen molar-refractivity contribution >= 4 is 34.9 Å². The van der Waals surface area contributed by atoms with E-state index in [-0.39, 0.29) is 5.91 Å². The molecular formula is C13H13ClN4OS. The van der Waals surface area contributed by atoms with E-state index in [9.17, 15) is 4.79 Å². The summed E-state index contributed by atoms with van der Waals surface area (Å²) in [7, 11) is 0. The van der Waals surface area contributed by atoms with Gasteiger partial charge in [-0.2, -0.15) is 8.75 Å². The number of benzene rings is 1. The number of carbonyl (C=O) groups is 1. The number of hydrogen-bond donors (Lipinski definition) is 0. The molecule has 0 atom stereocenters. The fraction of sp³-hybridized carbons (Fsp3) is 0.308. The van der Waals surface area contributed by atoms with Crippen LogP contribution in [-0.2, 0) is 0 Å². The second kappa shape index (κ2) is 5.76. The molecule has 0 aliphatic carbocycles. The van der Waals surface area contributed by atoms with Crippen molar-refractivity contribution in [2.45, 2.75) is 0 Å². The number of rotatable bonds is 2. The third-order valence-corrected chi connectivity index (χ3v) is 4.14. The predicted octanol–water partition coefficient (Wildman–Crippen LogP) is 2.15. The van der Waals surface area contributed by atoms with E-state index < -0.39 is 0 Å². The summed E-state index contributed by atoms with van der Waals surface area (Å²) in [6, 6.07) is 7.78. The number of halogens is 1. The zero-order valence-corrected chi connectivity index (χ0v) is 12.3. The van der Waals surface area contributed by atoms with Crippen molar-refractivity contribution in [2.24, 2.45) is 0 Å². The van der Waals surface area contributed by atoms with E-state index >= 15 is 0 Å². The van der Waals surface area contributed by atoms with Gasteiger partial charge in [-0.3, -0.25) is 4.79 Å². The zero-order valence-electron chi connectivity index (χ0n) is 10.7. The number of anilines is 1. The molecule has 1 aliphatic rings. The number of carbonyl (C=O) groups excluding carboxylic acids is 1. The molecule has 0 radical (unpaired) electrons. The lowest BCUT2D eigenvalue weighted by atomic mass is 10.2. The topological polar surface area (TPSA) is 49.3 Å². The van der Waals surface area contributed by atoms with Crippen LogP contribution in [0.2, 0.25) is 5.02 Å². The summed E-state index contributed by atoms with van der Waals surface area (Å²) in [5.74, 6) is -0.0439. The van der Waals surface area contributed by atoms with Crippen LogP contribution in [0, 0.1) is 0 Å². The van der Waals surface area contributed by atoms with E-state index in [2.05, 4.69) is 13.6 Å². The van der Waals surface area contributed by atoms with Gasteiger partial charge in [-0.15, -0.1) is 0 Å². The molecule has 0 saturated carbocycles. The van der Waals surface area contributed by atoms with E-state index in [1.54, 1.807) is 0 Å². The third kappa shape index (κ3) is 2.62. The first kappa shape index (κ1) is 13.3. The number of aromatic nitrogens is 2. The molecule has 1 saturated heterocycles. The first-order valence-electron chi connectivity index (χ1n) is 6.32. The van der Waals surface area contributed by atoms with Crippen molar-refractivity contribution in [3.05, 3.63) is 41.2 Å². The Morgan fingerprint density at radius 1 is 1.20 bits per heavy atom. The van der Waals surface area contributed by atoms with Crippen LogP contribution in [0.4, 0.5) is 5.69 Å². The highest BCUT2D eigenvalue weighted by Gasteiger charge is 2.24. The Morgan fingerprint density at radius 3 is 2.60 bits per heavy atom. The van der Waals surface area contributed by atoms with Crippen molar-refractivity contribution in [1.29, 1.82) is 0 Å². The lowest BCUT2D eigenvalue weighted by Crippen LogP contribution is -2.49. The maximum absolute atomic E-state index is 12.2. The first-order valence-corrected chi connectivity index (χ1v) is 7.43. The average Bonchev–Trinajstić information content (AvgIpc) is 3.01. The van der Waals surface area contributed by atoms with E-state index in [4.69, 9.17) is 11.6 Å². The minimum Gasteiger partial charge on any atom is -0.367 e. The van der Waals surface area contributed by atoms with Crippen LogP contribution in [0.25, 0.3) is 0 Å². The van der Waals surface area contributed by atoms with Gasteiger partial charge in [-0.25, -0.2) is 0 Å². The molecule has 2 aromatic rings. The minimum absolute atomic E-state index is 0.0439. The number of amides is 1. The second-order valence-corrected chi connectivity index (χ2v) is 5.49. The monoisotopic (exact) mass is 308 g/mol. The molecule has 0 unspecified atom stereocenters. The lowest BCUT2D eigenvalue weighted by molar-refractivity contribution is 0.0742.